The van der Waals surface area contributed by atoms with Crippen molar-refractivity contribution in [2.24, 2.45) is 0 Å². The molecule has 2 aromatic rings. The van der Waals surface area contributed by atoms with Gasteiger partial charge < -0.3 is 24.8 Å². The normalized spacial score (nSPS) is 8.24. The molecule has 0 aliphatic rings. The van der Waals surface area contributed by atoms with Crippen LogP contribution in [0.25, 0.3) is 0 Å². The summed E-state index contributed by atoms with van der Waals surface area (Å²) in [6, 6.07) is 6.31. The molecular formula is C13H17Cl2PTi. The van der Waals surface area contributed by atoms with Crippen LogP contribution in [0.2, 0.25) is 0 Å². The maximum Gasteiger partial charge on any atom is 4.00 e. The van der Waals surface area contributed by atoms with E-state index in [9.17, 15) is 0 Å². The van der Waals surface area contributed by atoms with E-state index in [1.165, 1.54) is 22.3 Å². The van der Waals surface area contributed by atoms with Crippen LogP contribution in [0.3, 0.4) is 0 Å². The van der Waals surface area contributed by atoms with Crippen LogP contribution in [0.4, 0.5) is 0 Å². The van der Waals surface area contributed by atoms with Gasteiger partial charge in [-0.25, -0.2) is 0 Å². The summed E-state index contributed by atoms with van der Waals surface area (Å²) in [5.74, 6) is 5.44. The van der Waals surface area contributed by atoms with Crippen molar-refractivity contribution in [3.8, 4) is 0 Å². The first-order chi connectivity index (χ1) is 6.61. The molecular weight excluding hydrogens is 306 g/mol. The molecule has 0 aliphatic carbocycles. The third-order valence-corrected chi connectivity index (χ3v) is 3.55. The molecule has 1 aromatic heterocycles. The van der Waals surface area contributed by atoms with Crippen molar-refractivity contribution in [3.63, 3.8) is 0 Å². The number of hydrogen-bond donors (Lipinski definition) is 0. The van der Waals surface area contributed by atoms with Crippen LogP contribution >= 0.6 is 8.19 Å². The molecule has 0 N–H and O–H groups in total. The summed E-state index contributed by atoms with van der Waals surface area (Å²) in [7, 11) is 0.820. The van der Waals surface area contributed by atoms with Gasteiger partial charge in [0.2, 0.25) is 0 Å². The molecule has 1 heterocycles. The van der Waals surface area contributed by atoms with E-state index < -0.39 is 0 Å². The Labute approximate surface area is 134 Å². The van der Waals surface area contributed by atoms with Crippen molar-refractivity contribution in [2.75, 3.05) is 0 Å². The van der Waals surface area contributed by atoms with E-state index in [2.05, 4.69) is 57.5 Å². The van der Waals surface area contributed by atoms with Crippen molar-refractivity contribution >= 4 is 8.19 Å². The van der Waals surface area contributed by atoms with Gasteiger partial charge in [0.25, 0.3) is 0 Å². The van der Waals surface area contributed by atoms with Crippen LogP contribution in [0.15, 0.2) is 24.0 Å². The quantitative estimate of drug-likeness (QED) is 0.395. The second-order valence-corrected chi connectivity index (χ2v) is 4.44. The molecule has 1 atom stereocenters. The first-order valence-corrected chi connectivity index (χ1v) is 5.90. The third kappa shape index (κ3) is 8.19. The van der Waals surface area contributed by atoms with Crippen LogP contribution in [0.5, 0.6) is 0 Å². The molecule has 1 unspecified atom stereocenters. The van der Waals surface area contributed by atoms with E-state index in [4.69, 9.17) is 0 Å². The number of rotatable bonds is 0. The topological polar surface area (TPSA) is 0 Å². The first kappa shape index (κ1) is 22.6. The van der Waals surface area contributed by atoms with E-state index in [1.54, 1.807) is 0 Å². The van der Waals surface area contributed by atoms with Gasteiger partial charge >= 0.3 is 21.7 Å². The zero-order valence-corrected chi connectivity index (χ0v) is 14.6. The molecule has 0 radical (unpaired) electrons. The van der Waals surface area contributed by atoms with E-state index in [1.807, 2.05) is 0 Å². The van der Waals surface area contributed by atoms with Gasteiger partial charge in [0.05, 0.1) is 0 Å². The van der Waals surface area contributed by atoms with Crippen LogP contribution in [-0.4, -0.2) is 0 Å². The van der Waals surface area contributed by atoms with Crippen LogP contribution in [0, 0.1) is 33.5 Å². The predicted molar refractivity (Wildman–Crippen MR) is 65.8 cm³/mol. The standard InChI is InChI=1S/C7H9.C6H8P.2ClH.Ti/c1-6-4-3-5-7(6)2;1-5-3-7-4-6(5)2;;;/h3-5H,1-2H3;3,7H,1-2H3;2*1H;/q2*-1;;;+4/p-2. The zero-order valence-electron chi connectivity index (χ0n) is 10.6. The summed E-state index contributed by atoms with van der Waals surface area (Å²) in [5, 5.41) is 0. The minimum atomic E-state index is 0. The van der Waals surface area contributed by atoms with Crippen molar-refractivity contribution in [1.29, 1.82) is 0 Å². The maximum atomic E-state index is 3.22. The van der Waals surface area contributed by atoms with Gasteiger partial charge in [-0.2, -0.15) is 52.0 Å². The maximum absolute atomic E-state index is 3.22. The number of aryl methyl sites for hydroxylation is 4. The monoisotopic (exact) mass is 322 g/mol. The molecule has 92 valence electrons. The van der Waals surface area contributed by atoms with Crippen LogP contribution in [0.1, 0.15) is 22.3 Å². The Morgan fingerprint density at radius 1 is 0.941 bits per heavy atom. The van der Waals surface area contributed by atoms with Gasteiger partial charge in [0, 0.05) is 0 Å². The fourth-order valence-corrected chi connectivity index (χ4v) is 1.98. The van der Waals surface area contributed by atoms with Crippen LogP contribution < -0.4 is 24.8 Å². The molecule has 2 rings (SSSR count). The Hall–Kier alpha value is 0.424. The van der Waals surface area contributed by atoms with Crippen LogP contribution in [-0.2, 0) is 21.7 Å². The number of hydrogen-bond acceptors (Lipinski definition) is 0. The smallest absolute Gasteiger partial charge is 1.00 e. The molecule has 0 fully saturated rings. The summed E-state index contributed by atoms with van der Waals surface area (Å²) in [4.78, 5) is 0. The van der Waals surface area contributed by atoms with E-state index in [-0.39, 0.29) is 46.5 Å². The molecule has 0 bridgehead atoms. The summed E-state index contributed by atoms with van der Waals surface area (Å²) < 4.78 is 0. The predicted octanol–water partition coefficient (Wildman–Crippen LogP) is -1.84. The molecule has 0 spiro atoms. The van der Waals surface area contributed by atoms with Crippen molar-refractivity contribution in [3.05, 3.63) is 52.0 Å². The fourth-order valence-electron chi connectivity index (χ4n) is 1.06. The largest absolute Gasteiger partial charge is 4.00 e. The first-order valence-electron chi connectivity index (χ1n) is 4.82. The Morgan fingerprint density at radius 3 is 1.53 bits per heavy atom. The van der Waals surface area contributed by atoms with Crippen molar-refractivity contribution in [2.45, 2.75) is 27.7 Å². The summed E-state index contributed by atoms with van der Waals surface area (Å²) >= 11 is 0. The van der Waals surface area contributed by atoms with Crippen molar-refractivity contribution in [1.82, 2.24) is 0 Å². The Kier molecular flexibility index (Phi) is 15.3. The van der Waals surface area contributed by atoms with Gasteiger partial charge in [0.15, 0.2) is 0 Å². The Morgan fingerprint density at radius 2 is 1.41 bits per heavy atom. The van der Waals surface area contributed by atoms with E-state index >= 15 is 0 Å². The zero-order chi connectivity index (χ0) is 10.6. The molecule has 0 saturated heterocycles. The second-order valence-electron chi connectivity index (χ2n) is 3.61. The number of halogens is 2. The SMILES string of the molecule is Cc1[c-][pH]cc1C.Cc1c[cH-]cc1C.[Cl-].[Cl-].[Ti+4]. The molecule has 0 amide bonds. The fraction of sp³-hybridized carbons (Fsp3) is 0.308. The minimum Gasteiger partial charge on any atom is -1.00 e. The van der Waals surface area contributed by atoms with Gasteiger partial charge in [0.1, 0.15) is 0 Å². The average molecular weight is 323 g/mol. The van der Waals surface area contributed by atoms with E-state index in [0.717, 1.165) is 8.19 Å². The second kappa shape index (κ2) is 11.5. The average Bonchev–Trinajstić information content (AvgIpc) is 2.67. The van der Waals surface area contributed by atoms with E-state index in [0.29, 0.717) is 0 Å². The summed E-state index contributed by atoms with van der Waals surface area (Å²) in [6.07, 6.45) is 0. The molecule has 17 heavy (non-hydrogen) atoms. The summed E-state index contributed by atoms with van der Waals surface area (Å²) in [6.45, 7) is 8.47. The van der Waals surface area contributed by atoms with Gasteiger partial charge in [-0.05, 0) is 0 Å². The third-order valence-electron chi connectivity index (χ3n) is 2.45. The van der Waals surface area contributed by atoms with Gasteiger partial charge in [-0.3, -0.25) is 8.19 Å². The summed E-state index contributed by atoms with van der Waals surface area (Å²) in [5.41, 5.74) is 5.51. The Bertz CT molecular complexity index is 322. The van der Waals surface area contributed by atoms with Crippen molar-refractivity contribution < 1.29 is 46.5 Å². The minimum absolute atomic E-state index is 0. The molecule has 0 aliphatic heterocycles. The molecule has 1 aromatic carbocycles. The van der Waals surface area contributed by atoms with Gasteiger partial charge in [-0.1, -0.05) is 27.7 Å². The molecule has 4 heteroatoms. The Balaban J connectivity index is -0.000000196. The molecule has 0 saturated carbocycles. The molecule has 0 nitrogen and oxygen atoms in total. The van der Waals surface area contributed by atoms with Gasteiger partial charge in [-0.15, -0.1) is 0 Å².